The summed E-state index contributed by atoms with van der Waals surface area (Å²) in [4.78, 5) is 31.2. The molecule has 0 spiro atoms. The lowest BCUT2D eigenvalue weighted by atomic mass is 9.93. The lowest BCUT2D eigenvalue weighted by Crippen LogP contribution is -2.49. The average molecular weight is 429 g/mol. The molecule has 2 amide bonds. The Labute approximate surface area is 183 Å². The zero-order valence-electron chi connectivity index (χ0n) is 18.4. The summed E-state index contributed by atoms with van der Waals surface area (Å²) in [6, 6.07) is 10.00. The summed E-state index contributed by atoms with van der Waals surface area (Å²) in [5.74, 6) is 0.873. The van der Waals surface area contributed by atoms with Crippen molar-refractivity contribution in [2.24, 2.45) is 0 Å². The van der Waals surface area contributed by atoms with E-state index < -0.39 is 0 Å². The Morgan fingerprint density at radius 3 is 2.60 bits per heavy atom. The second-order valence-electron chi connectivity index (χ2n) is 7.84. The molecule has 0 fully saturated rings. The number of carbonyl (C=O) groups is 2. The molecule has 1 aliphatic heterocycles. The molecule has 0 N–H and O–H groups in total. The highest BCUT2D eigenvalue weighted by Gasteiger charge is 2.34. The van der Waals surface area contributed by atoms with Crippen molar-refractivity contribution < 1.29 is 14.3 Å². The van der Waals surface area contributed by atoms with Crippen LogP contribution in [0.2, 0.25) is 0 Å². The van der Waals surface area contributed by atoms with Gasteiger partial charge in [-0.05, 0) is 60.9 Å². The van der Waals surface area contributed by atoms with Gasteiger partial charge in [-0.3, -0.25) is 9.59 Å². The first-order chi connectivity index (χ1) is 14.5. The molecule has 1 aliphatic rings. The molecule has 0 saturated heterocycles. The molecule has 0 saturated carbocycles. The summed E-state index contributed by atoms with van der Waals surface area (Å²) in [5.41, 5.74) is 2.26. The fourth-order valence-electron chi connectivity index (χ4n) is 4.03. The summed E-state index contributed by atoms with van der Waals surface area (Å²) in [6.07, 6.45) is 2.96. The number of thiophene rings is 1. The van der Waals surface area contributed by atoms with Gasteiger partial charge in [0.1, 0.15) is 12.3 Å². The minimum absolute atomic E-state index is 0.0115. The van der Waals surface area contributed by atoms with Gasteiger partial charge in [0.15, 0.2) is 0 Å². The maximum Gasteiger partial charge on any atom is 0.243 e. The fourth-order valence-corrected chi connectivity index (χ4v) is 4.94. The van der Waals surface area contributed by atoms with E-state index in [1.54, 1.807) is 23.3 Å². The smallest absolute Gasteiger partial charge is 0.243 e. The maximum atomic E-state index is 13.5. The van der Waals surface area contributed by atoms with Gasteiger partial charge in [0.05, 0.1) is 13.2 Å². The highest BCUT2D eigenvalue weighted by molar-refractivity contribution is 7.10. The van der Waals surface area contributed by atoms with Crippen LogP contribution in [0.3, 0.4) is 0 Å². The van der Waals surface area contributed by atoms with Gasteiger partial charge in [-0.15, -0.1) is 11.3 Å². The Hall–Kier alpha value is -2.34. The number of ether oxygens (including phenoxy) is 1. The standard InChI is InChI=1S/C24H32N2O3S/c1-5-7-22(27)26(17(3)6-2)16-23(28)25-14-12-21-20(13-15-30-21)24(25)18-8-10-19(29-4)11-9-18/h8-11,13,15,17,24H,5-7,12,14,16H2,1-4H3/t17-,24+/m0/s1. The average Bonchev–Trinajstić information content (AvgIpc) is 3.25. The molecule has 5 nitrogen and oxygen atoms in total. The minimum atomic E-state index is -0.126. The number of fused-ring (bicyclic) bond motifs is 1. The maximum absolute atomic E-state index is 13.5. The number of nitrogens with zero attached hydrogens (tertiary/aromatic N) is 2. The van der Waals surface area contributed by atoms with Crippen molar-refractivity contribution in [1.29, 1.82) is 0 Å². The first-order valence-corrected chi connectivity index (χ1v) is 11.7. The van der Waals surface area contributed by atoms with E-state index in [9.17, 15) is 9.59 Å². The van der Waals surface area contributed by atoms with E-state index in [4.69, 9.17) is 4.74 Å². The largest absolute Gasteiger partial charge is 0.497 e. The molecule has 0 unspecified atom stereocenters. The quantitative estimate of drug-likeness (QED) is 0.615. The Morgan fingerprint density at radius 1 is 1.23 bits per heavy atom. The molecule has 2 atom stereocenters. The highest BCUT2D eigenvalue weighted by Crippen LogP contribution is 2.38. The van der Waals surface area contributed by atoms with Crippen LogP contribution in [0.4, 0.5) is 0 Å². The van der Waals surface area contributed by atoms with Crippen LogP contribution in [0.25, 0.3) is 0 Å². The summed E-state index contributed by atoms with van der Waals surface area (Å²) in [5, 5.41) is 2.10. The van der Waals surface area contributed by atoms with E-state index in [0.717, 1.165) is 30.6 Å². The minimum Gasteiger partial charge on any atom is -0.497 e. The Bertz CT molecular complexity index is 862. The van der Waals surface area contributed by atoms with Gasteiger partial charge in [0, 0.05) is 23.9 Å². The number of carbonyl (C=O) groups excluding carboxylic acids is 2. The Kier molecular flexibility index (Phi) is 7.53. The molecule has 0 aliphatic carbocycles. The predicted octanol–water partition coefficient (Wildman–Crippen LogP) is 4.66. The Morgan fingerprint density at radius 2 is 1.97 bits per heavy atom. The molecule has 162 valence electrons. The molecular weight excluding hydrogens is 396 g/mol. The fraction of sp³-hybridized carbons (Fsp3) is 0.500. The second kappa shape index (κ2) is 10.1. The van der Waals surface area contributed by atoms with Crippen LogP contribution in [0, 0.1) is 0 Å². The number of benzene rings is 1. The first-order valence-electron chi connectivity index (χ1n) is 10.8. The lowest BCUT2D eigenvalue weighted by molar-refractivity contribution is -0.143. The normalized spacial score (nSPS) is 16.7. The van der Waals surface area contributed by atoms with E-state index in [0.29, 0.717) is 13.0 Å². The van der Waals surface area contributed by atoms with Crippen LogP contribution in [-0.2, 0) is 16.0 Å². The first kappa shape index (κ1) is 22.3. The van der Waals surface area contributed by atoms with Crippen molar-refractivity contribution in [1.82, 2.24) is 9.80 Å². The molecule has 3 rings (SSSR count). The van der Waals surface area contributed by atoms with E-state index in [-0.39, 0.29) is 30.4 Å². The SMILES string of the molecule is CCCC(=O)N(CC(=O)N1CCc2sccc2[C@H]1c1ccc(OC)cc1)[C@@H](C)CC. The number of hydrogen-bond acceptors (Lipinski definition) is 4. The molecule has 2 heterocycles. The zero-order chi connectivity index (χ0) is 21.7. The van der Waals surface area contributed by atoms with Crippen molar-refractivity contribution >= 4 is 23.2 Å². The van der Waals surface area contributed by atoms with E-state index in [1.807, 2.05) is 43.0 Å². The molecule has 30 heavy (non-hydrogen) atoms. The van der Waals surface area contributed by atoms with Gasteiger partial charge in [0.2, 0.25) is 11.8 Å². The van der Waals surface area contributed by atoms with Crippen molar-refractivity contribution in [2.75, 3.05) is 20.2 Å². The third-order valence-electron chi connectivity index (χ3n) is 5.93. The van der Waals surface area contributed by atoms with Crippen molar-refractivity contribution in [3.05, 3.63) is 51.7 Å². The molecule has 1 aromatic carbocycles. The van der Waals surface area contributed by atoms with E-state index in [2.05, 4.69) is 18.4 Å². The molecule has 1 aromatic heterocycles. The summed E-state index contributed by atoms with van der Waals surface area (Å²) >= 11 is 1.75. The van der Waals surface area contributed by atoms with Gasteiger partial charge >= 0.3 is 0 Å². The van der Waals surface area contributed by atoms with Crippen LogP contribution < -0.4 is 4.74 Å². The molecular formula is C24H32N2O3S. The van der Waals surface area contributed by atoms with Gasteiger partial charge in [-0.25, -0.2) is 0 Å². The molecule has 0 radical (unpaired) electrons. The van der Waals surface area contributed by atoms with Crippen LogP contribution in [0.15, 0.2) is 35.7 Å². The highest BCUT2D eigenvalue weighted by atomic mass is 32.1. The topological polar surface area (TPSA) is 49.9 Å². The van der Waals surface area contributed by atoms with Crippen molar-refractivity contribution in [2.45, 2.75) is 58.5 Å². The third-order valence-corrected chi connectivity index (χ3v) is 6.93. The zero-order valence-corrected chi connectivity index (χ0v) is 19.2. The summed E-state index contributed by atoms with van der Waals surface area (Å²) in [6.45, 7) is 6.88. The van der Waals surface area contributed by atoms with Crippen LogP contribution >= 0.6 is 11.3 Å². The molecule has 0 bridgehead atoms. The van der Waals surface area contributed by atoms with Crippen molar-refractivity contribution in [3.8, 4) is 5.75 Å². The number of rotatable bonds is 8. The molecule has 6 heteroatoms. The van der Waals surface area contributed by atoms with Crippen molar-refractivity contribution in [3.63, 3.8) is 0 Å². The van der Waals surface area contributed by atoms with Gasteiger partial charge < -0.3 is 14.5 Å². The van der Waals surface area contributed by atoms with Gasteiger partial charge in [0.25, 0.3) is 0 Å². The summed E-state index contributed by atoms with van der Waals surface area (Å²) < 4.78 is 5.30. The Balaban J connectivity index is 1.89. The van der Waals surface area contributed by atoms with E-state index >= 15 is 0 Å². The van der Waals surface area contributed by atoms with E-state index in [1.165, 1.54) is 10.4 Å². The number of amides is 2. The van der Waals surface area contributed by atoms with Crippen LogP contribution in [-0.4, -0.2) is 47.9 Å². The predicted molar refractivity (Wildman–Crippen MR) is 121 cm³/mol. The monoisotopic (exact) mass is 428 g/mol. The third kappa shape index (κ3) is 4.69. The lowest BCUT2D eigenvalue weighted by Gasteiger charge is -2.38. The number of methoxy groups -OCH3 is 1. The van der Waals surface area contributed by atoms with Gasteiger partial charge in [-0.1, -0.05) is 26.0 Å². The van der Waals surface area contributed by atoms with Gasteiger partial charge in [-0.2, -0.15) is 0 Å². The second-order valence-corrected chi connectivity index (χ2v) is 8.84. The molecule has 2 aromatic rings. The van der Waals surface area contributed by atoms with Crippen LogP contribution in [0.1, 0.15) is 62.1 Å². The van der Waals surface area contributed by atoms with Crippen LogP contribution in [0.5, 0.6) is 5.75 Å². The number of hydrogen-bond donors (Lipinski definition) is 0. The summed E-state index contributed by atoms with van der Waals surface area (Å²) in [7, 11) is 1.65.